The van der Waals surface area contributed by atoms with E-state index in [-0.39, 0.29) is 12.8 Å². The van der Waals surface area contributed by atoms with Gasteiger partial charge in [-0.05, 0) is 25.3 Å². The molecule has 180 valence electrons. The van der Waals surface area contributed by atoms with Gasteiger partial charge in [0, 0.05) is 35.5 Å². The molecular weight excluding hydrogens is 491 g/mol. The summed E-state index contributed by atoms with van der Waals surface area (Å²) in [5.74, 6) is 0.589. The van der Waals surface area contributed by atoms with Crippen molar-refractivity contribution in [2.45, 2.75) is 57.9 Å². The maximum Gasteiger partial charge on any atom is 0.180 e. The summed E-state index contributed by atoms with van der Waals surface area (Å²) < 4.78 is 11.5. The van der Waals surface area contributed by atoms with Crippen LogP contribution < -0.4 is 0 Å². The van der Waals surface area contributed by atoms with E-state index in [1.807, 2.05) is 32.4 Å². The third-order valence-corrected chi connectivity index (χ3v) is 8.07. The maximum absolute atomic E-state index is 10.5. The zero-order chi connectivity index (χ0) is 24.0. The van der Waals surface area contributed by atoms with Gasteiger partial charge in [-0.2, -0.15) is 5.10 Å². The lowest BCUT2D eigenvalue weighted by Gasteiger charge is -2.22. The number of benzene rings is 1. The molecule has 0 spiro atoms. The van der Waals surface area contributed by atoms with Crippen molar-refractivity contribution in [1.82, 2.24) is 29.3 Å². The van der Waals surface area contributed by atoms with E-state index in [4.69, 9.17) is 27.9 Å². The Morgan fingerprint density at radius 1 is 1.18 bits per heavy atom. The van der Waals surface area contributed by atoms with E-state index in [2.05, 4.69) is 35.1 Å². The van der Waals surface area contributed by atoms with Crippen LogP contribution in [-0.2, 0) is 17.5 Å². The van der Waals surface area contributed by atoms with Crippen LogP contribution in [-0.4, -0.2) is 49.1 Å². The SMILES string of the molecule is C[Si](C)(C)Cn1cc(-n2c(CO)c(-c3cnn(C4CCCCO4)c3)c3ccc(Cl)c(Cl)c32)nn1. The van der Waals surface area contributed by atoms with Gasteiger partial charge < -0.3 is 9.84 Å². The Morgan fingerprint density at radius 3 is 2.71 bits per heavy atom. The molecule has 34 heavy (non-hydrogen) atoms. The first-order valence-corrected chi connectivity index (χ1v) is 15.9. The molecule has 0 bridgehead atoms. The molecule has 1 atom stereocenters. The van der Waals surface area contributed by atoms with Gasteiger partial charge in [-0.3, -0.25) is 9.25 Å². The van der Waals surface area contributed by atoms with Crippen molar-refractivity contribution in [3.63, 3.8) is 0 Å². The fourth-order valence-electron chi connectivity index (χ4n) is 4.60. The van der Waals surface area contributed by atoms with Gasteiger partial charge in [0.15, 0.2) is 5.82 Å². The van der Waals surface area contributed by atoms with Crippen molar-refractivity contribution in [3.8, 4) is 16.9 Å². The Hall–Kier alpha value is -2.17. The van der Waals surface area contributed by atoms with Crippen LogP contribution in [0.1, 0.15) is 31.2 Å². The van der Waals surface area contributed by atoms with Crippen LogP contribution in [0.15, 0.2) is 30.7 Å². The molecule has 0 saturated carbocycles. The van der Waals surface area contributed by atoms with E-state index in [9.17, 15) is 5.11 Å². The number of nitrogens with zero attached hydrogens (tertiary/aromatic N) is 6. The number of rotatable bonds is 6. The highest BCUT2D eigenvalue weighted by atomic mass is 35.5. The smallest absolute Gasteiger partial charge is 0.180 e. The Kier molecular flexibility index (Phi) is 6.32. The third-order valence-electron chi connectivity index (χ3n) is 6.00. The number of aliphatic hydroxyl groups excluding tert-OH is 1. The maximum atomic E-state index is 10.5. The highest BCUT2D eigenvalue weighted by Crippen LogP contribution is 2.42. The Bertz CT molecular complexity index is 1330. The van der Waals surface area contributed by atoms with Gasteiger partial charge in [-0.25, -0.2) is 4.68 Å². The molecule has 1 fully saturated rings. The minimum Gasteiger partial charge on any atom is -0.390 e. The second-order valence-electron chi connectivity index (χ2n) is 9.94. The minimum atomic E-state index is -1.41. The van der Waals surface area contributed by atoms with Gasteiger partial charge in [-0.1, -0.05) is 54.1 Å². The van der Waals surface area contributed by atoms with E-state index in [1.165, 1.54) is 0 Å². The molecule has 1 saturated heterocycles. The van der Waals surface area contributed by atoms with Crippen LogP contribution in [0.5, 0.6) is 0 Å². The number of hydrogen-bond donors (Lipinski definition) is 1. The quantitative estimate of drug-likeness (QED) is 0.342. The van der Waals surface area contributed by atoms with Gasteiger partial charge >= 0.3 is 0 Å². The van der Waals surface area contributed by atoms with Crippen LogP contribution in [0.3, 0.4) is 0 Å². The molecule has 8 nitrogen and oxygen atoms in total. The van der Waals surface area contributed by atoms with E-state index in [0.717, 1.165) is 48.6 Å². The largest absolute Gasteiger partial charge is 0.390 e. The van der Waals surface area contributed by atoms with Gasteiger partial charge in [-0.15, -0.1) is 5.10 Å². The molecule has 0 aliphatic carbocycles. The molecule has 1 unspecified atom stereocenters. The second kappa shape index (κ2) is 9.12. The lowest BCUT2D eigenvalue weighted by atomic mass is 10.1. The van der Waals surface area contributed by atoms with E-state index in [1.54, 1.807) is 12.3 Å². The first-order valence-electron chi connectivity index (χ1n) is 11.5. The summed E-state index contributed by atoms with van der Waals surface area (Å²) in [6, 6.07) is 3.70. The van der Waals surface area contributed by atoms with Gasteiger partial charge in [0.1, 0.15) is 6.23 Å². The van der Waals surface area contributed by atoms with E-state index >= 15 is 0 Å². The first kappa shape index (κ1) is 23.6. The summed E-state index contributed by atoms with van der Waals surface area (Å²) in [6.45, 7) is 7.36. The van der Waals surface area contributed by atoms with Crippen molar-refractivity contribution in [3.05, 3.63) is 46.5 Å². The monoisotopic (exact) mass is 518 g/mol. The average molecular weight is 520 g/mol. The Labute approximate surface area is 209 Å². The number of aromatic nitrogens is 6. The molecule has 5 rings (SSSR count). The van der Waals surface area contributed by atoms with Crippen LogP contribution in [0.25, 0.3) is 27.8 Å². The highest BCUT2D eigenvalue weighted by Gasteiger charge is 2.26. The molecule has 0 radical (unpaired) electrons. The number of fused-ring (bicyclic) bond motifs is 1. The minimum absolute atomic E-state index is 0.0760. The van der Waals surface area contributed by atoms with E-state index in [0.29, 0.717) is 27.1 Å². The molecule has 1 aromatic carbocycles. The van der Waals surface area contributed by atoms with Crippen molar-refractivity contribution in [1.29, 1.82) is 0 Å². The first-order chi connectivity index (χ1) is 16.3. The zero-order valence-corrected chi connectivity index (χ0v) is 22.0. The zero-order valence-electron chi connectivity index (χ0n) is 19.5. The molecular formula is C23H28Cl2N6O2Si. The predicted octanol–water partition coefficient (Wildman–Crippen LogP) is 5.46. The van der Waals surface area contributed by atoms with Crippen molar-refractivity contribution in [2.75, 3.05) is 6.61 Å². The number of ether oxygens (including phenoxy) is 1. The second-order valence-corrected chi connectivity index (χ2v) is 16.2. The van der Waals surface area contributed by atoms with Crippen LogP contribution in [0.2, 0.25) is 29.7 Å². The molecule has 11 heteroatoms. The number of halogens is 2. The van der Waals surface area contributed by atoms with Crippen molar-refractivity contribution in [2.24, 2.45) is 0 Å². The van der Waals surface area contributed by atoms with Crippen LogP contribution in [0.4, 0.5) is 0 Å². The third kappa shape index (κ3) is 4.31. The standard InChI is InChI=1S/C23H28Cl2N6O2Si/c1-34(2,3)14-29-12-19(27-28-29)31-18(13-32)21(16-7-8-17(24)22(25)23(16)31)15-10-26-30(11-15)20-6-4-5-9-33-20/h7-8,10-12,20,32H,4-6,9,13-14H2,1-3H3. The summed E-state index contributed by atoms with van der Waals surface area (Å²) in [5, 5.41) is 25.6. The molecule has 1 aliphatic heterocycles. The summed E-state index contributed by atoms with van der Waals surface area (Å²) >= 11 is 13.1. The summed E-state index contributed by atoms with van der Waals surface area (Å²) in [4.78, 5) is 0. The summed E-state index contributed by atoms with van der Waals surface area (Å²) in [7, 11) is -1.41. The Morgan fingerprint density at radius 2 is 2.00 bits per heavy atom. The topological polar surface area (TPSA) is 82.9 Å². The van der Waals surface area contributed by atoms with E-state index < -0.39 is 8.07 Å². The van der Waals surface area contributed by atoms with Crippen molar-refractivity contribution < 1.29 is 9.84 Å². The molecule has 0 amide bonds. The highest BCUT2D eigenvalue weighted by molar-refractivity contribution is 6.74. The number of aliphatic hydroxyl groups is 1. The normalized spacial score (nSPS) is 17.1. The summed E-state index contributed by atoms with van der Waals surface area (Å²) in [6.07, 6.45) is 9.55. The lowest BCUT2D eigenvalue weighted by Crippen LogP contribution is -2.28. The van der Waals surface area contributed by atoms with Gasteiger partial charge in [0.2, 0.25) is 0 Å². The van der Waals surface area contributed by atoms with Crippen LogP contribution >= 0.6 is 23.2 Å². The fourth-order valence-corrected chi connectivity index (χ4v) is 6.13. The molecule has 4 aromatic rings. The fraction of sp³-hybridized carbons (Fsp3) is 0.435. The molecule has 3 aromatic heterocycles. The molecule has 4 heterocycles. The van der Waals surface area contributed by atoms with Crippen molar-refractivity contribution >= 4 is 42.2 Å². The van der Waals surface area contributed by atoms with Gasteiger partial charge in [0.25, 0.3) is 0 Å². The van der Waals surface area contributed by atoms with Crippen LogP contribution in [0, 0.1) is 0 Å². The summed E-state index contributed by atoms with van der Waals surface area (Å²) in [5.41, 5.74) is 3.06. The lowest BCUT2D eigenvalue weighted by molar-refractivity contribution is -0.0394. The number of hydrogen-bond acceptors (Lipinski definition) is 5. The van der Waals surface area contributed by atoms with Gasteiger partial charge in [0.05, 0.1) is 48.3 Å². The predicted molar refractivity (Wildman–Crippen MR) is 136 cm³/mol. The molecule has 1 aliphatic rings. The molecule has 1 N–H and O–H groups in total. The average Bonchev–Trinajstić information content (AvgIpc) is 3.52. The Balaban J connectivity index is 1.69.